The van der Waals surface area contributed by atoms with Gasteiger partial charge >= 0.3 is 0 Å². The fourth-order valence-electron chi connectivity index (χ4n) is 2.07. The zero-order valence-corrected chi connectivity index (χ0v) is 12.2. The molecule has 1 saturated heterocycles. The third-order valence-corrected chi connectivity index (χ3v) is 4.30. The normalized spacial score (nSPS) is 17.2. The van der Waals surface area contributed by atoms with Gasteiger partial charge in [-0.2, -0.15) is 0 Å². The number of hydrogen-bond donors (Lipinski definition) is 2. The summed E-state index contributed by atoms with van der Waals surface area (Å²) in [6.45, 7) is 4.97. The number of piperidine rings is 1. The summed E-state index contributed by atoms with van der Waals surface area (Å²) in [5.41, 5.74) is 0. The van der Waals surface area contributed by atoms with Gasteiger partial charge in [-0.3, -0.25) is 0 Å². The Labute approximate surface area is 118 Å². The first-order chi connectivity index (χ1) is 8.84. The van der Waals surface area contributed by atoms with Crippen LogP contribution in [-0.2, 0) is 11.3 Å². The van der Waals surface area contributed by atoms with E-state index in [2.05, 4.69) is 16.7 Å². The maximum absolute atomic E-state index is 5.87. The van der Waals surface area contributed by atoms with E-state index in [1.165, 1.54) is 4.88 Å². The molecule has 1 fully saturated rings. The maximum Gasteiger partial charge on any atom is 0.0931 e. The van der Waals surface area contributed by atoms with E-state index in [9.17, 15) is 0 Å². The van der Waals surface area contributed by atoms with Gasteiger partial charge < -0.3 is 15.4 Å². The van der Waals surface area contributed by atoms with Crippen LogP contribution >= 0.6 is 22.9 Å². The second-order valence-electron chi connectivity index (χ2n) is 4.56. The van der Waals surface area contributed by atoms with Crippen molar-refractivity contribution < 1.29 is 4.74 Å². The highest BCUT2D eigenvalue weighted by molar-refractivity contribution is 7.16. The average molecular weight is 289 g/mol. The van der Waals surface area contributed by atoms with Crippen molar-refractivity contribution in [3.05, 3.63) is 21.3 Å². The number of ether oxygens (including phenoxy) is 1. The summed E-state index contributed by atoms with van der Waals surface area (Å²) in [5, 5.41) is 6.76. The molecule has 0 spiro atoms. The van der Waals surface area contributed by atoms with E-state index in [1.54, 1.807) is 11.3 Å². The summed E-state index contributed by atoms with van der Waals surface area (Å²) >= 11 is 7.51. The first kappa shape index (κ1) is 14.3. The zero-order valence-electron chi connectivity index (χ0n) is 10.6. The van der Waals surface area contributed by atoms with Crippen molar-refractivity contribution in [3.63, 3.8) is 0 Å². The molecular formula is C13H21ClN2OS. The molecule has 0 bridgehead atoms. The van der Waals surface area contributed by atoms with E-state index < -0.39 is 0 Å². The molecule has 5 heteroatoms. The first-order valence-corrected chi connectivity index (χ1v) is 7.81. The lowest BCUT2D eigenvalue weighted by atomic mass is 10.1. The molecule has 1 aliphatic rings. The predicted octanol–water partition coefficient (Wildman–Crippen LogP) is 2.65. The van der Waals surface area contributed by atoms with E-state index >= 15 is 0 Å². The molecule has 2 N–H and O–H groups in total. The van der Waals surface area contributed by atoms with Gasteiger partial charge in [-0.25, -0.2) is 0 Å². The Hall–Kier alpha value is -0.130. The Balaban J connectivity index is 1.46. The van der Waals surface area contributed by atoms with Crippen molar-refractivity contribution in [2.75, 3.05) is 26.2 Å². The zero-order chi connectivity index (χ0) is 12.6. The molecule has 1 aromatic rings. The van der Waals surface area contributed by atoms with E-state index in [1.807, 2.05) is 6.07 Å². The minimum atomic E-state index is 0.474. The Morgan fingerprint density at radius 2 is 2.22 bits per heavy atom. The third kappa shape index (κ3) is 5.24. The van der Waals surface area contributed by atoms with Crippen molar-refractivity contribution in [1.82, 2.24) is 10.6 Å². The lowest BCUT2D eigenvalue weighted by molar-refractivity contribution is 0.0317. The molecule has 3 nitrogen and oxygen atoms in total. The Bertz CT molecular complexity index is 339. The van der Waals surface area contributed by atoms with Gasteiger partial charge in [0, 0.05) is 18.0 Å². The van der Waals surface area contributed by atoms with Gasteiger partial charge in [0.25, 0.3) is 0 Å². The number of rotatable bonds is 7. The van der Waals surface area contributed by atoms with Gasteiger partial charge in [0.2, 0.25) is 0 Å². The minimum absolute atomic E-state index is 0.474. The summed E-state index contributed by atoms with van der Waals surface area (Å²) in [5.74, 6) is 0. The third-order valence-electron chi connectivity index (χ3n) is 3.07. The van der Waals surface area contributed by atoms with Crippen molar-refractivity contribution in [3.8, 4) is 0 Å². The van der Waals surface area contributed by atoms with Crippen LogP contribution in [0.4, 0.5) is 0 Å². The van der Waals surface area contributed by atoms with Crippen LogP contribution in [0.3, 0.4) is 0 Å². The molecule has 0 amide bonds. The quantitative estimate of drug-likeness (QED) is 0.757. The molecule has 1 aromatic heterocycles. The minimum Gasteiger partial charge on any atom is -0.378 e. The van der Waals surface area contributed by atoms with Gasteiger partial charge in [-0.15, -0.1) is 11.3 Å². The molecule has 0 unspecified atom stereocenters. The first-order valence-electron chi connectivity index (χ1n) is 6.62. The molecule has 18 heavy (non-hydrogen) atoms. The van der Waals surface area contributed by atoms with Crippen LogP contribution in [0.5, 0.6) is 0 Å². The second kappa shape index (κ2) is 8.12. The molecule has 0 atom stereocenters. The lowest BCUT2D eigenvalue weighted by Gasteiger charge is -2.22. The summed E-state index contributed by atoms with van der Waals surface area (Å²) in [7, 11) is 0. The van der Waals surface area contributed by atoms with Crippen LogP contribution in [0, 0.1) is 0 Å². The van der Waals surface area contributed by atoms with Crippen molar-refractivity contribution >= 4 is 22.9 Å². The topological polar surface area (TPSA) is 33.3 Å². The number of hydrogen-bond acceptors (Lipinski definition) is 4. The Kier molecular flexibility index (Phi) is 6.45. The summed E-state index contributed by atoms with van der Waals surface area (Å²) in [4.78, 5) is 1.29. The monoisotopic (exact) mass is 288 g/mol. The van der Waals surface area contributed by atoms with Crippen LogP contribution in [0.15, 0.2) is 12.1 Å². The van der Waals surface area contributed by atoms with Gasteiger partial charge in [0.15, 0.2) is 0 Å². The molecular weight excluding hydrogens is 268 g/mol. The van der Waals surface area contributed by atoms with Crippen molar-refractivity contribution in [2.24, 2.45) is 0 Å². The highest BCUT2D eigenvalue weighted by Gasteiger charge is 2.12. The van der Waals surface area contributed by atoms with E-state index in [0.717, 1.165) is 56.4 Å². The average Bonchev–Trinajstić information content (AvgIpc) is 2.81. The molecule has 1 aliphatic heterocycles. The molecule has 0 radical (unpaired) electrons. The predicted molar refractivity (Wildman–Crippen MR) is 77.5 cm³/mol. The van der Waals surface area contributed by atoms with E-state index in [0.29, 0.717) is 6.10 Å². The standard InChI is InChI=1S/C13H21ClN2OS/c14-13-3-2-12(18-13)10-16-6-1-9-17-11-4-7-15-8-5-11/h2-3,11,15-16H,1,4-10H2. The highest BCUT2D eigenvalue weighted by Crippen LogP contribution is 2.20. The SMILES string of the molecule is Clc1ccc(CNCCCOC2CCNCC2)s1. The van der Waals surface area contributed by atoms with Crippen LogP contribution in [0.25, 0.3) is 0 Å². The Morgan fingerprint density at radius 3 is 2.94 bits per heavy atom. The van der Waals surface area contributed by atoms with Crippen molar-refractivity contribution in [1.29, 1.82) is 0 Å². The number of halogens is 1. The molecule has 0 saturated carbocycles. The smallest absolute Gasteiger partial charge is 0.0931 e. The molecule has 2 heterocycles. The van der Waals surface area contributed by atoms with Crippen LogP contribution < -0.4 is 10.6 Å². The van der Waals surface area contributed by atoms with E-state index in [4.69, 9.17) is 16.3 Å². The molecule has 102 valence electrons. The molecule has 0 aliphatic carbocycles. The van der Waals surface area contributed by atoms with Crippen LogP contribution in [0.2, 0.25) is 4.34 Å². The van der Waals surface area contributed by atoms with Gasteiger partial charge in [0.1, 0.15) is 0 Å². The van der Waals surface area contributed by atoms with Gasteiger partial charge in [0.05, 0.1) is 10.4 Å². The maximum atomic E-state index is 5.87. The summed E-state index contributed by atoms with van der Waals surface area (Å²) in [6.07, 6.45) is 3.85. The van der Waals surface area contributed by atoms with Crippen molar-refractivity contribution in [2.45, 2.75) is 31.9 Å². The number of nitrogens with one attached hydrogen (secondary N) is 2. The van der Waals surface area contributed by atoms with Gasteiger partial charge in [-0.05, 0) is 51.0 Å². The second-order valence-corrected chi connectivity index (χ2v) is 6.36. The Morgan fingerprint density at radius 1 is 1.39 bits per heavy atom. The lowest BCUT2D eigenvalue weighted by Crippen LogP contribution is -2.32. The van der Waals surface area contributed by atoms with Crippen LogP contribution in [0.1, 0.15) is 24.1 Å². The molecule has 2 rings (SSSR count). The highest BCUT2D eigenvalue weighted by atomic mass is 35.5. The summed E-state index contributed by atoms with van der Waals surface area (Å²) in [6, 6.07) is 4.02. The molecule has 0 aromatic carbocycles. The fraction of sp³-hybridized carbons (Fsp3) is 0.692. The van der Waals surface area contributed by atoms with E-state index in [-0.39, 0.29) is 0 Å². The number of thiophene rings is 1. The van der Waals surface area contributed by atoms with Gasteiger partial charge in [-0.1, -0.05) is 11.6 Å². The van der Waals surface area contributed by atoms with Crippen LogP contribution in [-0.4, -0.2) is 32.3 Å². The largest absolute Gasteiger partial charge is 0.378 e. The summed E-state index contributed by atoms with van der Waals surface area (Å²) < 4.78 is 6.70. The fourth-order valence-corrected chi connectivity index (χ4v) is 3.12.